The quantitative estimate of drug-likeness (QED) is 0.819. The van der Waals surface area contributed by atoms with Crippen LogP contribution in [0.2, 0.25) is 0 Å². The van der Waals surface area contributed by atoms with Gasteiger partial charge in [-0.25, -0.2) is 0 Å². The summed E-state index contributed by atoms with van der Waals surface area (Å²) >= 11 is 0. The maximum absolute atomic E-state index is 4.32. The monoisotopic (exact) mass is 204 g/mol. The molecule has 0 bridgehead atoms. The van der Waals surface area contributed by atoms with Gasteiger partial charge in [-0.2, -0.15) is 0 Å². The molecule has 0 spiro atoms. The maximum atomic E-state index is 4.32. The van der Waals surface area contributed by atoms with Gasteiger partial charge < -0.3 is 5.32 Å². The minimum atomic E-state index is 0.216. The third-order valence-electron chi connectivity index (χ3n) is 3.35. The first kappa shape index (κ1) is 10.6. The molecule has 0 aromatic carbocycles. The number of rotatable bonds is 3. The minimum absolute atomic E-state index is 0.216. The third kappa shape index (κ3) is 2.05. The Bertz CT molecular complexity index is 327. The van der Waals surface area contributed by atoms with Crippen LogP contribution in [0.1, 0.15) is 43.7 Å². The van der Waals surface area contributed by atoms with Crippen LogP contribution in [-0.4, -0.2) is 11.5 Å². The second-order valence-electron chi connectivity index (χ2n) is 4.61. The molecule has 2 nitrogen and oxygen atoms in total. The van der Waals surface area contributed by atoms with E-state index >= 15 is 0 Å². The summed E-state index contributed by atoms with van der Waals surface area (Å²) in [6, 6.07) is 2.28. The summed E-state index contributed by atoms with van der Waals surface area (Å²) in [4.78, 5) is 4.32. The summed E-state index contributed by atoms with van der Waals surface area (Å²) < 4.78 is 0. The van der Waals surface area contributed by atoms with E-state index in [9.17, 15) is 0 Å². The Labute approximate surface area is 92.1 Å². The van der Waals surface area contributed by atoms with Gasteiger partial charge >= 0.3 is 0 Å². The van der Waals surface area contributed by atoms with E-state index in [0.29, 0.717) is 0 Å². The van der Waals surface area contributed by atoms with E-state index < -0.39 is 0 Å². The van der Waals surface area contributed by atoms with Gasteiger partial charge in [-0.3, -0.25) is 4.98 Å². The van der Waals surface area contributed by atoms with E-state index in [4.69, 9.17) is 0 Å². The lowest BCUT2D eigenvalue weighted by molar-refractivity contribution is 0.354. The molecule has 1 aromatic rings. The second kappa shape index (κ2) is 4.31. The van der Waals surface area contributed by atoms with E-state index in [1.165, 1.54) is 36.8 Å². The lowest BCUT2D eigenvalue weighted by atomic mass is 9.85. The lowest BCUT2D eigenvalue weighted by Gasteiger charge is -2.29. The summed E-state index contributed by atoms with van der Waals surface area (Å²) in [5, 5.41) is 3.67. The van der Waals surface area contributed by atoms with Crippen molar-refractivity contribution in [1.82, 2.24) is 10.3 Å². The van der Waals surface area contributed by atoms with Crippen LogP contribution in [-0.2, 0) is 5.54 Å². The van der Waals surface area contributed by atoms with Crippen molar-refractivity contribution in [2.75, 3.05) is 6.54 Å². The molecule has 1 fully saturated rings. The Morgan fingerprint density at radius 2 is 2.33 bits per heavy atom. The Morgan fingerprint density at radius 3 is 2.93 bits per heavy atom. The van der Waals surface area contributed by atoms with Gasteiger partial charge in [0.2, 0.25) is 0 Å². The van der Waals surface area contributed by atoms with Gasteiger partial charge in [0.15, 0.2) is 0 Å². The van der Waals surface area contributed by atoms with Gasteiger partial charge in [-0.05, 0) is 43.9 Å². The zero-order valence-corrected chi connectivity index (χ0v) is 9.71. The average Bonchev–Trinajstić information content (AvgIpc) is 2.68. The van der Waals surface area contributed by atoms with E-state index in [1.807, 2.05) is 12.4 Å². The summed E-state index contributed by atoms with van der Waals surface area (Å²) in [5.74, 6) is 0. The first-order chi connectivity index (χ1) is 7.27. The zero-order valence-electron chi connectivity index (χ0n) is 9.71. The van der Waals surface area contributed by atoms with Crippen LogP contribution in [0.3, 0.4) is 0 Å². The van der Waals surface area contributed by atoms with Crippen molar-refractivity contribution >= 4 is 0 Å². The molecule has 1 saturated heterocycles. The Kier molecular flexibility index (Phi) is 3.06. The predicted molar refractivity (Wildman–Crippen MR) is 62.8 cm³/mol. The van der Waals surface area contributed by atoms with Crippen LogP contribution in [0.5, 0.6) is 0 Å². The van der Waals surface area contributed by atoms with Crippen molar-refractivity contribution in [1.29, 1.82) is 0 Å². The summed E-state index contributed by atoms with van der Waals surface area (Å²) in [5.41, 5.74) is 2.85. The number of hydrogen-bond acceptors (Lipinski definition) is 2. The number of aryl methyl sites for hydroxylation is 1. The molecule has 1 aromatic heterocycles. The molecule has 1 unspecified atom stereocenters. The number of pyridine rings is 1. The molecular weight excluding hydrogens is 184 g/mol. The summed E-state index contributed by atoms with van der Waals surface area (Å²) in [6.07, 6.45) is 8.94. The molecule has 0 aliphatic carbocycles. The third-order valence-corrected chi connectivity index (χ3v) is 3.35. The summed E-state index contributed by atoms with van der Waals surface area (Å²) in [6.45, 7) is 5.52. The minimum Gasteiger partial charge on any atom is -0.307 e. The molecule has 82 valence electrons. The highest BCUT2D eigenvalue weighted by Crippen LogP contribution is 2.34. The predicted octanol–water partition coefficient (Wildman–Crippen LogP) is 2.77. The molecule has 15 heavy (non-hydrogen) atoms. The second-order valence-corrected chi connectivity index (χ2v) is 4.61. The van der Waals surface area contributed by atoms with Gasteiger partial charge in [0.05, 0.1) is 0 Å². The highest BCUT2D eigenvalue weighted by atomic mass is 15.0. The largest absolute Gasteiger partial charge is 0.307 e. The standard InChI is InChI=1S/C13H20N2/c1-3-5-13(6-4-7-15-13)12-8-11(2)9-14-10-12/h8-10,15H,3-7H2,1-2H3. The molecular formula is C13H20N2. The van der Waals surface area contributed by atoms with Gasteiger partial charge in [0, 0.05) is 17.9 Å². The Morgan fingerprint density at radius 1 is 1.47 bits per heavy atom. The summed E-state index contributed by atoms with van der Waals surface area (Å²) in [7, 11) is 0. The first-order valence-corrected chi connectivity index (χ1v) is 5.94. The molecule has 0 amide bonds. The van der Waals surface area contributed by atoms with Crippen molar-refractivity contribution in [3.8, 4) is 0 Å². The molecule has 2 rings (SSSR count). The average molecular weight is 204 g/mol. The van der Waals surface area contributed by atoms with E-state index in [0.717, 1.165) is 6.54 Å². The van der Waals surface area contributed by atoms with Gasteiger partial charge in [0.25, 0.3) is 0 Å². The van der Waals surface area contributed by atoms with E-state index in [1.54, 1.807) is 0 Å². The number of nitrogens with one attached hydrogen (secondary N) is 1. The van der Waals surface area contributed by atoms with Crippen LogP contribution in [0.25, 0.3) is 0 Å². The SMILES string of the molecule is CCCC1(c2cncc(C)c2)CCCN1. The van der Waals surface area contributed by atoms with Crippen LogP contribution in [0.15, 0.2) is 18.5 Å². The molecule has 2 heteroatoms. The van der Waals surface area contributed by atoms with Crippen molar-refractivity contribution < 1.29 is 0 Å². The number of aromatic nitrogens is 1. The fraction of sp³-hybridized carbons (Fsp3) is 0.615. The fourth-order valence-corrected chi connectivity index (χ4v) is 2.65. The van der Waals surface area contributed by atoms with Gasteiger partial charge in [-0.15, -0.1) is 0 Å². The molecule has 0 radical (unpaired) electrons. The van der Waals surface area contributed by atoms with Gasteiger partial charge in [-0.1, -0.05) is 19.4 Å². The molecule has 1 atom stereocenters. The molecule has 1 aliphatic heterocycles. The molecule has 2 heterocycles. The van der Waals surface area contributed by atoms with Crippen molar-refractivity contribution in [2.45, 2.75) is 45.1 Å². The van der Waals surface area contributed by atoms with Crippen molar-refractivity contribution in [3.05, 3.63) is 29.6 Å². The Balaban J connectivity index is 2.31. The van der Waals surface area contributed by atoms with Crippen molar-refractivity contribution in [2.24, 2.45) is 0 Å². The smallest absolute Gasteiger partial charge is 0.0450 e. The molecule has 1 N–H and O–H groups in total. The van der Waals surface area contributed by atoms with Crippen LogP contribution < -0.4 is 5.32 Å². The van der Waals surface area contributed by atoms with Crippen LogP contribution in [0.4, 0.5) is 0 Å². The Hall–Kier alpha value is -0.890. The van der Waals surface area contributed by atoms with E-state index in [2.05, 4.69) is 30.2 Å². The normalized spacial score (nSPS) is 25.7. The topological polar surface area (TPSA) is 24.9 Å². The highest BCUT2D eigenvalue weighted by molar-refractivity contribution is 5.26. The van der Waals surface area contributed by atoms with Crippen LogP contribution in [0, 0.1) is 6.92 Å². The van der Waals surface area contributed by atoms with Crippen molar-refractivity contribution in [3.63, 3.8) is 0 Å². The molecule has 1 aliphatic rings. The fourth-order valence-electron chi connectivity index (χ4n) is 2.65. The maximum Gasteiger partial charge on any atom is 0.0450 e. The lowest BCUT2D eigenvalue weighted by Crippen LogP contribution is -2.36. The highest BCUT2D eigenvalue weighted by Gasteiger charge is 2.34. The van der Waals surface area contributed by atoms with E-state index in [-0.39, 0.29) is 5.54 Å². The van der Waals surface area contributed by atoms with Crippen LogP contribution >= 0.6 is 0 Å². The van der Waals surface area contributed by atoms with Gasteiger partial charge in [0.1, 0.15) is 0 Å². The molecule has 0 saturated carbocycles. The first-order valence-electron chi connectivity index (χ1n) is 5.94. The number of nitrogens with zero attached hydrogens (tertiary/aromatic N) is 1. The number of hydrogen-bond donors (Lipinski definition) is 1. The zero-order chi connectivity index (χ0) is 10.7.